The average Bonchev–Trinajstić information content (AvgIpc) is 2.78. The Bertz CT molecular complexity index is 1280. The van der Waals surface area contributed by atoms with Crippen molar-refractivity contribution in [2.45, 2.75) is 31.7 Å². The Kier molecular flexibility index (Phi) is 7.13. The number of nitro groups is 1. The highest BCUT2D eigenvalue weighted by atomic mass is 32.2. The first-order valence-corrected chi connectivity index (χ1v) is 11.7. The van der Waals surface area contributed by atoms with E-state index in [-0.39, 0.29) is 22.3 Å². The van der Waals surface area contributed by atoms with Crippen LogP contribution < -0.4 is 9.62 Å². The van der Waals surface area contributed by atoms with Crippen LogP contribution in [0.5, 0.6) is 0 Å². The van der Waals surface area contributed by atoms with Crippen LogP contribution in [0.4, 0.5) is 11.4 Å². The summed E-state index contributed by atoms with van der Waals surface area (Å²) in [5, 5.41) is 14.1. The van der Waals surface area contributed by atoms with Crippen molar-refractivity contribution in [3.8, 4) is 0 Å². The molecule has 3 rings (SSSR count). The summed E-state index contributed by atoms with van der Waals surface area (Å²) in [5.74, 6) is -0.534. The number of carbonyl (C=O) groups is 1. The summed E-state index contributed by atoms with van der Waals surface area (Å²) < 4.78 is 27.6. The number of rotatable bonds is 8. The van der Waals surface area contributed by atoms with Gasteiger partial charge in [0.1, 0.15) is 6.54 Å². The van der Waals surface area contributed by atoms with Gasteiger partial charge in [-0.05, 0) is 50.1 Å². The molecule has 0 spiro atoms. The molecule has 3 aromatic rings. The molecule has 0 aliphatic rings. The second-order valence-electron chi connectivity index (χ2n) is 7.75. The van der Waals surface area contributed by atoms with Crippen molar-refractivity contribution in [3.63, 3.8) is 0 Å². The monoisotopic (exact) mass is 467 g/mol. The smallest absolute Gasteiger partial charge is 0.271 e. The van der Waals surface area contributed by atoms with E-state index in [4.69, 9.17) is 0 Å². The number of aryl methyl sites for hydroxylation is 2. The maximum absolute atomic E-state index is 13.4. The minimum atomic E-state index is -4.16. The number of hydrogen-bond acceptors (Lipinski definition) is 5. The summed E-state index contributed by atoms with van der Waals surface area (Å²) in [6, 6.07) is 18.4. The van der Waals surface area contributed by atoms with E-state index < -0.39 is 27.4 Å². The summed E-state index contributed by atoms with van der Waals surface area (Å²) in [6.45, 7) is 5.21. The van der Waals surface area contributed by atoms with E-state index in [2.05, 4.69) is 5.32 Å². The van der Waals surface area contributed by atoms with Gasteiger partial charge in [-0.1, -0.05) is 48.0 Å². The maximum Gasteiger partial charge on any atom is 0.271 e. The lowest BCUT2D eigenvalue weighted by Gasteiger charge is -2.25. The third-order valence-corrected chi connectivity index (χ3v) is 7.00. The number of amides is 1. The Hall–Kier alpha value is -3.72. The molecule has 3 aromatic carbocycles. The normalized spacial score (nSPS) is 12.1. The second kappa shape index (κ2) is 9.83. The Morgan fingerprint density at radius 3 is 2.36 bits per heavy atom. The predicted octanol–water partition coefficient (Wildman–Crippen LogP) is 4.28. The standard InChI is InChI=1S/C24H25N3O5S/c1-17-12-13-23(18(2)14-17)19(3)25-24(28)16-26(20-8-7-9-21(15-20)27(29)30)33(31,32)22-10-5-4-6-11-22/h4-15,19H,16H2,1-3H3,(H,25,28)/t19-/m1/s1. The first-order chi connectivity index (χ1) is 15.6. The number of sulfonamides is 1. The molecule has 1 N–H and O–H groups in total. The molecule has 0 aliphatic heterocycles. The number of carbonyl (C=O) groups excluding carboxylic acids is 1. The number of nitrogens with one attached hydrogen (secondary N) is 1. The second-order valence-corrected chi connectivity index (χ2v) is 9.61. The van der Waals surface area contributed by atoms with Crippen molar-refractivity contribution < 1.29 is 18.1 Å². The van der Waals surface area contributed by atoms with Crippen molar-refractivity contribution in [3.05, 3.63) is 99.6 Å². The Morgan fingerprint density at radius 2 is 1.73 bits per heavy atom. The quantitative estimate of drug-likeness (QED) is 0.393. The first-order valence-electron chi connectivity index (χ1n) is 10.3. The molecule has 8 nitrogen and oxygen atoms in total. The third kappa shape index (κ3) is 5.56. The number of hydrogen-bond donors (Lipinski definition) is 1. The third-order valence-electron chi connectivity index (χ3n) is 5.22. The summed E-state index contributed by atoms with van der Waals surface area (Å²) in [6.07, 6.45) is 0. The number of non-ortho nitro benzene ring substituents is 1. The molecule has 1 atom stereocenters. The lowest BCUT2D eigenvalue weighted by atomic mass is 10.0. The molecule has 0 aromatic heterocycles. The van der Waals surface area contributed by atoms with Gasteiger partial charge >= 0.3 is 0 Å². The minimum absolute atomic E-state index is 0.0215. The number of benzene rings is 3. The zero-order chi connectivity index (χ0) is 24.2. The molecule has 0 saturated heterocycles. The molecule has 0 radical (unpaired) electrons. The van der Waals surface area contributed by atoms with Crippen LogP contribution in [0.2, 0.25) is 0 Å². The number of anilines is 1. The van der Waals surface area contributed by atoms with Crippen LogP contribution in [-0.2, 0) is 14.8 Å². The van der Waals surface area contributed by atoms with Gasteiger partial charge in [0.25, 0.3) is 15.7 Å². The van der Waals surface area contributed by atoms with Crippen molar-refractivity contribution in [1.82, 2.24) is 5.32 Å². The highest BCUT2D eigenvalue weighted by Crippen LogP contribution is 2.27. The fourth-order valence-corrected chi connectivity index (χ4v) is 5.04. The van der Waals surface area contributed by atoms with Crippen molar-refractivity contribution in [1.29, 1.82) is 0 Å². The molecule has 9 heteroatoms. The summed E-state index contributed by atoms with van der Waals surface area (Å²) in [7, 11) is -4.16. The van der Waals surface area contributed by atoms with Gasteiger partial charge in [0.05, 0.1) is 21.5 Å². The highest BCUT2D eigenvalue weighted by molar-refractivity contribution is 7.92. The lowest BCUT2D eigenvalue weighted by Crippen LogP contribution is -2.41. The number of nitro benzene ring substituents is 1. The maximum atomic E-state index is 13.4. The van der Waals surface area contributed by atoms with Crippen molar-refractivity contribution >= 4 is 27.3 Å². The fourth-order valence-electron chi connectivity index (χ4n) is 3.60. The van der Waals surface area contributed by atoms with Gasteiger partial charge in [-0.2, -0.15) is 0 Å². The Labute approximate surface area is 193 Å². The molecule has 0 fully saturated rings. The van der Waals surface area contributed by atoms with E-state index in [9.17, 15) is 23.3 Å². The molecule has 0 unspecified atom stereocenters. The van der Waals surface area contributed by atoms with E-state index in [0.717, 1.165) is 27.1 Å². The van der Waals surface area contributed by atoms with Crippen LogP contribution >= 0.6 is 0 Å². The SMILES string of the molecule is Cc1ccc([C@@H](C)NC(=O)CN(c2cccc([N+](=O)[O-])c2)S(=O)(=O)c2ccccc2)c(C)c1. The molecule has 0 heterocycles. The predicted molar refractivity (Wildman–Crippen MR) is 127 cm³/mol. The van der Waals surface area contributed by atoms with Crippen LogP contribution in [0, 0.1) is 24.0 Å². The zero-order valence-electron chi connectivity index (χ0n) is 18.6. The molecule has 0 saturated carbocycles. The van der Waals surface area contributed by atoms with Gasteiger partial charge < -0.3 is 5.32 Å². The Morgan fingerprint density at radius 1 is 1.03 bits per heavy atom. The Balaban J connectivity index is 1.93. The topological polar surface area (TPSA) is 110 Å². The summed E-state index contributed by atoms with van der Waals surface area (Å²) in [5.41, 5.74) is 2.78. The average molecular weight is 468 g/mol. The molecule has 1 amide bonds. The van der Waals surface area contributed by atoms with Gasteiger partial charge in [-0.25, -0.2) is 8.42 Å². The first kappa shape index (κ1) is 23.9. The van der Waals surface area contributed by atoms with E-state index in [1.807, 2.05) is 39.0 Å². The molecular weight excluding hydrogens is 442 g/mol. The van der Waals surface area contributed by atoms with Gasteiger partial charge in [-0.15, -0.1) is 0 Å². The van der Waals surface area contributed by atoms with Crippen molar-refractivity contribution in [2.24, 2.45) is 0 Å². The van der Waals surface area contributed by atoms with Crippen LogP contribution in [-0.4, -0.2) is 25.8 Å². The summed E-state index contributed by atoms with van der Waals surface area (Å²) >= 11 is 0. The minimum Gasteiger partial charge on any atom is -0.348 e. The van der Waals surface area contributed by atoms with Gasteiger partial charge in [0.2, 0.25) is 5.91 Å². The van der Waals surface area contributed by atoms with Crippen molar-refractivity contribution in [2.75, 3.05) is 10.8 Å². The molecule has 0 bridgehead atoms. The van der Waals surface area contributed by atoms with E-state index in [0.29, 0.717) is 0 Å². The highest BCUT2D eigenvalue weighted by Gasteiger charge is 2.28. The van der Waals surface area contributed by atoms with Crippen LogP contribution in [0.1, 0.15) is 29.7 Å². The molecule has 33 heavy (non-hydrogen) atoms. The van der Waals surface area contributed by atoms with Crippen LogP contribution in [0.15, 0.2) is 77.7 Å². The van der Waals surface area contributed by atoms with E-state index in [1.165, 1.54) is 30.3 Å². The van der Waals surface area contributed by atoms with Crippen LogP contribution in [0.3, 0.4) is 0 Å². The van der Waals surface area contributed by atoms with E-state index >= 15 is 0 Å². The molecule has 0 aliphatic carbocycles. The molecule has 172 valence electrons. The van der Waals surface area contributed by atoms with Crippen LogP contribution in [0.25, 0.3) is 0 Å². The number of nitrogens with zero attached hydrogens (tertiary/aromatic N) is 2. The molecular formula is C24H25N3O5S. The van der Waals surface area contributed by atoms with Gasteiger partial charge in [0, 0.05) is 12.1 Å². The van der Waals surface area contributed by atoms with Gasteiger partial charge in [-0.3, -0.25) is 19.2 Å². The fraction of sp³-hybridized carbons (Fsp3) is 0.208. The largest absolute Gasteiger partial charge is 0.348 e. The zero-order valence-corrected chi connectivity index (χ0v) is 19.4. The summed E-state index contributed by atoms with van der Waals surface area (Å²) in [4.78, 5) is 23.5. The van der Waals surface area contributed by atoms with E-state index in [1.54, 1.807) is 18.2 Å². The lowest BCUT2D eigenvalue weighted by molar-refractivity contribution is -0.384. The van der Waals surface area contributed by atoms with Gasteiger partial charge in [0.15, 0.2) is 0 Å².